The van der Waals surface area contributed by atoms with Crippen molar-refractivity contribution in [3.05, 3.63) is 28.8 Å². The third-order valence-electron chi connectivity index (χ3n) is 2.74. The lowest BCUT2D eigenvalue weighted by molar-refractivity contribution is 0.0461. The van der Waals surface area contributed by atoms with Crippen LogP contribution in [0.3, 0.4) is 0 Å². The van der Waals surface area contributed by atoms with E-state index in [0.717, 1.165) is 18.8 Å². The fourth-order valence-electron chi connectivity index (χ4n) is 2.14. The molecule has 0 saturated heterocycles. The Morgan fingerprint density at radius 2 is 2.20 bits per heavy atom. The van der Waals surface area contributed by atoms with Crippen molar-refractivity contribution in [2.75, 3.05) is 13.7 Å². The first-order valence-electron chi connectivity index (χ1n) is 5.25. The van der Waals surface area contributed by atoms with Crippen molar-refractivity contribution in [2.45, 2.75) is 26.3 Å². The molecule has 2 rings (SSSR count). The van der Waals surface area contributed by atoms with Crippen molar-refractivity contribution < 1.29 is 9.57 Å². The summed E-state index contributed by atoms with van der Waals surface area (Å²) < 4.78 is 5.69. The zero-order chi connectivity index (χ0) is 10.8. The lowest BCUT2D eigenvalue weighted by atomic mass is 9.96. The van der Waals surface area contributed by atoms with Crippen LogP contribution in [-0.2, 0) is 4.84 Å². The number of rotatable bonds is 2. The zero-order valence-electron chi connectivity index (χ0n) is 9.46. The molecule has 0 fully saturated rings. The Labute approximate surface area is 90.3 Å². The normalized spacial score (nSPS) is 19.5. The summed E-state index contributed by atoms with van der Waals surface area (Å²) in [4.78, 5) is 5.01. The molecule has 1 N–H and O–H groups in total. The van der Waals surface area contributed by atoms with E-state index in [9.17, 15) is 0 Å². The lowest BCUT2D eigenvalue weighted by Crippen LogP contribution is -2.26. The van der Waals surface area contributed by atoms with Gasteiger partial charge in [-0.05, 0) is 19.4 Å². The molecule has 1 aromatic carbocycles. The van der Waals surface area contributed by atoms with E-state index < -0.39 is 0 Å². The predicted octanol–water partition coefficient (Wildman–Crippen LogP) is 2.28. The van der Waals surface area contributed by atoms with E-state index in [2.05, 4.69) is 31.5 Å². The summed E-state index contributed by atoms with van der Waals surface area (Å²) in [5.74, 6) is 1.02. The van der Waals surface area contributed by atoms with E-state index in [1.165, 1.54) is 16.7 Å². The molecule has 0 radical (unpaired) electrons. The molecule has 1 atom stereocenters. The van der Waals surface area contributed by atoms with Gasteiger partial charge in [-0.25, -0.2) is 0 Å². The Hall–Kier alpha value is -1.06. The maximum Gasteiger partial charge on any atom is 0.127 e. The molecule has 3 heteroatoms. The number of hydrogen-bond donors (Lipinski definition) is 1. The average Bonchev–Trinajstić information content (AvgIpc) is 2.19. The monoisotopic (exact) mass is 207 g/mol. The van der Waals surface area contributed by atoms with Crippen molar-refractivity contribution in [2.24, 2.45) is 0 Å². The van der Waals surface area contributed by atoms with E-state index in [1.54, 1.807) is 7.11 Å². The second kappa shape index (κ2) is 4.21. The van der Waals surface area contributed by atoms with Gasteiger partial charge in [0.15, 0.2) is 0 Å². The highest BCUT2D eigenvalue weighted by Gasteiger charge is 2.22. The minimum absolute atomic E-state index is 0.248. The molecule has 0 aliphatic carbocycles. The summed E-state index contributed by atoms with van der Waals surface area (Å²) in [6, 6.07) is 4.56. The first-order valence-corrected chi connectivity index (χ1v) is 5.25. The van der Waals surface area contributed by atoms with Crippen LogP contribution in [0, 0.1) is 13.8 Å². The Bertz CT molecular complexity index is 363. The van der Waals surface area contributed by atoms with Crippen LogP contribution in [-0.4, -0.2) is 13.7 Å². The summed E-state index contributed by atoms with van der Waals surface area (Å²) >= 11 is 0. The van der Waals surface area contributed by atoms with Crippen molar-refractivity contribution in [1.29, 1.82) is 0 Å². The van der Waals surface area contributed by atoms with Gasteiger partial charge in [0.2, 0.25) is 0 Å². The molecule has 0 saturated carbocycles. The van der Waals surface area contributed by atoms with E-state index in [4.69, 9.17) is 9.57 Å². The third kappa shape index (κ3) is 1.98. The molecule has 0 amide bonds. The van der Waals surface area contributed by atoms with Crippen LogP contribution in [0.2, 0.25) is 0 Å². The van der Waals surface area contributed by atoms with E-state index >= 15 is 0 Å². The highest BCUT2D eigenvalue weighted by molar-refractivity contribution is 5.46. The minimum atomic E-state index is 0.248. The molecule has 3 nitrogen and oxygen atoms in total. The fourth-order valence-corrected chi connectivity index (χ4v) is 2.14. The number of nitrogens with one attached hydrogen (secondary N) is 1. The van der Waals surface area contributed by atoms with Crippen LogP contribution in [0.4, 0.5) is 0 Å². The highest BCUT2D eigenvalue weighted by Crippen LogP contribution is 2.35. The smallest absolute Gasteiger partial charge is 0.127 e. The van der Waals surface area contributed by atoms with Crippen LogP contribution >= 0.6 is 0 Å². The number of fused-ring (bicyclic) bond motifs is 1. The maximum absolute atomic E-state index is 5.69. The topological polar surface area (TPSA) is 30.5 Å². The summed E-state index contributed by atoms with van der Waals surface area (Å²) in [7, 11) is 1.65. The molecule has 1 heterocycles. The van der Waals surface area contributed by atoms with Gasteiger partial charge < -0.3 is 9.57 Å². The van der Waals surface area contributed by atoms with Gasteiger partial charge in [0.1, 0.15) is 5.75 Å². The molecular formula is C12H17NO2. The number of aryl methyl sites for hydroxylation is 2. The SMILES string of the molecule is CONC1CCOc2c(C)cc(C)cc21. The number of hydrogen-bond acceptors (Lipinski definition) is 3. The molecule has 15 heavy (non-hydrogen) atoms. The first kappa shape index (κ1) is 10.5. The van der Waals surface area contributed by atoms with Crippen molar-refractivity contribution in [3.8, 4) is 5.75 Å². The van der Waals surface area contributed by atoms with E-state index in [-0.39, 0.29) is 6.04 Å². The number of ether oxygens (including phenoxy) is 1. The minimum Gasteiger partial charge on any atom is -0.493 e. The van der Waals surface area contributed by atoms with Crippen LogP contribution in [0.5, 0.6) is 5.75 Å². The maximum atomic E-state index is 5.69. The fraction of sp³-hybridized carbons (Fsp3) is 0.500. The highest BCUT2D eigenvalue weighted by atomic mass is 16.6. The van der Waals surface area contributed by atoms with Gasteiger partial charge in [0.25, 0.3) is 0 Å². The van der Waals surface area contributed by atoms with E-state index in [0.29, 0.717) is 0 Å². The van der Waals surface area contributed by atoms with Gasteiger partial charge in [-0.1, -0.05) is 17.7 Å². The zero-order valence-corrected chi connectivity index (χ0v) is 9.46. The summed E-state index contributed by atoms with van der Waals surface area (Å²) in [5.41, 5.74) is 6.69. The summed E-state index contributed by atoms with van der Waals surface area (Å²) in [6.07, 6.45) is 0.948. The second-order valence-corrected chi connectivity index (χ2v) is 4.01. The molecule has 1 aliphatic rings. The molecule has 1 aromatic rings. The third-order valence-corrected chi connectivity index (χ3v) is 2.74. The molecule has 0 aromatic heterocycles. The van der Waals surface area contributed by atoms with Crippen molar-refractivity contribution in [3.63, 3.8) is 0 Å². The Morgan fingerprint density at radius 3 is 2.93 bits per heavy atom. The molecule has 0 bridgehead atoms. The predicted molar refractivity (Wildman–Crippen MR) is 58.9 cm³/mol. The van der Waals surface area contributed by atoms with Crippen molar-refractivity contribution in [1.82, 2.24) is 5.48 Å². The average molecular weight is 207 g/mol. The van der Waals surface area contributed by atoms with Gasteiger partial charge in [-0.15, -0.1) is 0 Å². The van der Waals surface area contributed by atoms with Crippen LogP contribution in [0.15, 0.2) is 12.1 Å². The first-order chi connectivity index (χ1) is 7.22. The number of hydroxylamine groups is 1. The van der Waals surface area contributed by atoms with Gasteiger partial charge >= 0.3 is 0 Å². The van der Waals surface area contributed by atoms with Crippen LogP contribution in [0.25, 0.3) is 0 Å². The molecule has 0 spiro atoms. The van der Waals surface area contributed by atoms with Gasteiger partial charge in [0.05, 0.1) is 19.8 Å². The summed E-state index contributed by atoms with van der Waals surface area (Å²) in [6.45, 7) is 4.94. The summed E-state index contributed by atoms with van der Waals surface area (Å²) in [5, 5.41) is 0. The molecule has 1 aliphatic heterocycles. The van der Waals surface area contributed by atoms with Gasteiger partial charge in [0, 0.05) is 12.0 Å². The molecule has 82 valence electrons. The Kier molecular flexibility index (Phi) is 2.93. The largest absolute Gasteiger partial charge is 0.493 e. The second-order valence-electron chi connectivity index (χ2n) is 4.01. The standard InChI is InChI=1S/C12H17NO2/c1-8-6-9(2)12-10(7-8)11(13-14-3)4-5-15-12/h6-7,11,13H,4-5H2,1-3H3. The van der Waals surface area contributed by atoms with Gasteiger partial charge in [-0.2, -0.15) is 5.48 Å². The van der Waals surface area contributed by atoms with E-state index in [1.807, 2.05) is 0 Å². The van der Waals surface area contributed by atoms with Crippen LogP contribution in [0.1, 0.15) is 29.2 Å². The lowest BCUT2D eigenvalue weighted by Gasteiger charge is -2.27. The number of benzene rings is 1. The Balaban J connectivity index is 2.41. The molecular weight excluding hydrogens is 190 g/mol. The van der Waals surface area contributed by atoms with Gasteiger partial charge in [-0.3, -0.25) is 0 Å². The van der Waals surface area contributed by atoms with Crippen LogP contribution < -0.4 is 10.2 Å². The Morgan fingerprint density at radius 1 is 1.40 bits per heavy atom. The quantitative estimate of drug-likeness (QED) is 0.755. The molecule has 1 unspecified atom stereocenters. The van der Waals surface area contributed by atoms with Crippen molar-refractivity contribution >= 4 is 0 Å².